The Morgan fingerprint density at radius 2 is 1.61 bits per heavy atom. The molecule has 13 nitrogen and oxygen atoms in total. The van der Waals surface area contributed by atoms with Gasteiger partial charge in [-0.3, -0.25) is 14.4 Å². The normalized spacial score (nSPS) is 21.2. The van der Waals surface area contributed by atoms with Gasteiger partial charge in [-0.15, -0.1) is 0 Å². The zero-order chi connectivity index (χ0) is 27.7. The maximum Gasteiger partial charge on any atom is 1.00 e. The molecule has 0 radical (unpaired) electrons. The van der Waals surface area contributed by atoms with E-state index in [1.54, 1.807) is 0 Å². The average molecular weight is 572 g/mol. The third-order valence-electron chi connectivity index (χ3n) is 4.84. The summed E-state index contributed by atoms with van der Waals surface area (Å²) in [5, 5.41) is -0.532. The van der Waals surface area contributed by atoms with Gasteiger partial charge in [-0.25, -0.2) is 17.6 Å². The van der Waals surface area contributed by atoms with Crippen molar-refractivity contribution in [2.45, 2.75) is 51.1 Å². The van der Waals surface area contributed by atoms with Crippen LogP contribution >= 0.6 is 0 Å². The van der Waals surface area contributed by atoms with Crippen LogP contribution in [0.1, 0.15) is 26.3 Å². The molecule has 4 atom stereocenters. The Bertz CT molecular complexity index is 1410. The second kappa shape index (κ2) is 12.5. The van der Waals surface area contributed by atoms with Crippen molar-refractivity contribution in [1.29, 1.82) is 0 Å². The number of esters is 3. The van der Waals surface area contributed by atoms with E-state index in [-0.39, 0.29) is 29.6 Å². The van der Waals surface area contributed by atoms with Gasteiger partial charge >= 0.3 is 53.1 Å². The van der Waals surface area contributed by atoms with Crippen LogP contribution in [-0.2, 0) is 49.2 Å². The summed E-state index contributed by atoms with van der Waals surface area (Å²) in [6, 6.07) is 1.16. The number of ether oxygens (including phenoxy) is 5. The van der Waals surface area contributed by atoms with Gasteiger partial charge in [-0.1, -0.05) is 0 Å². The Labute approximate surface area is 235 Å². The van der Waals surface area contributed by atoms with Crippen molar-refractivity contribution in [2.75, 3.05) is 6.61 Å². The minimum atomic E-state index is -4.95. The molecule has 0 aliphatic carbocycles. The van der Waals surface area contributed by atoms with Gasteiger partial charge in [0.25, 0.3) is 0 Å². The molecular weight excluding hydrogens is 553 g/mol. The van der Waals surface area contributed by atoms with E-state index in [0.29, 0.717) is 12.1 Å². The summed E-state index contributed by atoms with van der Waals surface area (Å²) in [6.07, 6.45) is -6.33. The summed E-state index contributed by atoms with van der Waals surface area (Å²) in [5.74, 6) is -8.15. The van der Waals surface area contributed by atoms with Gasteiger partial charge < -0.3 is 32.7 Å². The van der Waals surface area contributed by atoms with Crippen molar-refractivity contribution in [3.63, 3.8) is 0 Å². The first kappa shape index (κ1) is 31.6. The maximum atomic E-state index is 15.3. The van der Waals surface area contributed by atoms with Crippen LogP contribution in [0.4, 0.5) is 8.78 Å². The van der Waals surface area contributed by atoms with E-state index in [9.17, 15) is 36.5 Å². The van der Waals surface area contributed by atoms with Crippen LogP contribution in [-0.4, -0.2) is 62.1 Å². The smallest absolute Gasteiger partial charge is 0.748 e. The molecule has 1 aliphatic heterocycles. The average Bonchev–Trinajstić information content (AvgIpc) is 2.73. The maximum absolute atomic E-state index is 15.3. The van der Waals surface area contributed by atoms with Crippen molar-refractivity contribution >= 4 is 39.0 Å². The third kappa shape index (κ3) is 7.70. The van der Waals surface area contributed by atoms with E-state index in [2.05, 4.69) is 0 Å². The Hall–Kier alpha value is -2.63. The first-order valence-corrected chi connectivity index (χ1v) is 11.9. The topological polar surface area (TPSA) is 185 Å². The van der Waals surface area contributed by atoms with Crippen LogP contribution in [0, 0.1) is 11.6 Å². The van der Waals surface area contributed by atoms with Gasteiger partial charge in [0.1, 0.15) is 0 Å². The molecule has 3 rings (SSSR count). The van der Waals surface area contributed by atoms with Gasteiger partial charge in [0.05, 0.1) is 22.5 Å². The quantitative estimate of drug-likeness (QED) is 0.113. The molecule has 0 bridgehead atoms. The summed E-state index contributed by atoms with van der Waals surface area (Å²) in [7, 11) is -4.95. The third-order valence-corrected chi connectivity index (χ3v) is 5.51. The van der Waals surface area contributed by atoms with E-state index in [4.69, 9.17) is 28.1 Å². The zero-order valence-corrected chi connectivity index (χ0v) is 23.2. The summed E-state index contributed by atoms with van der Waals surface area (Å²) in [5.41, 5.74) is -2.69. The van der Waals surface area contributed by atoms with E-state index < -0.39 is 105 Å². The molecule has 38 heavy (non-hydrogen) atoms. The molecule has 0 saturated carbocycles. The molecule has 1 aromatic carbocycles. The van der Waals surface area contributed by atoms with Crippen LogP contribution in [0.25, 0.3) is 11.0 Å². The SMILES string of the molecule is CC(=O)OC1[C@H](Oc2c(F)cc3c(CS(=O)(=O)[O-])cc(=O)oc3c2F)OC[C@@H](OC(C)=O)[C@H]1OC(C)=O.[Na+]. The number of halogens is 2. The molecule has 0 spiro atoms. The Kier molecular flexibility index (Phi) is 10.4. The molecular formula is C21H19F2NaO13S. The fourth-order valence-electron chi connectivity index (χ4n) is 3.62. The predicted molar refractivity (Wildman–Crippen MR) is 113 cm³/mol. The number of carbonyl (C=O) groups excluding carboxylic acids is 3. The van der Waals surface area contributed by atoms with E-state index >= 15 is 4.39 Å². The standard InChI is InChI=1S/C21H20F2O13S.Na/c1-8(24)32-14-6-31-21(20(34-10(3)26)19(14)33-9(2)25)36-18-13(22)5-12-11(7-37(28,29)30)4-15(27)35-17(12)16(18)23;/h4-5,14,19-21H,6-7H2,1-3H3,(H,28,29,30);/q;+1/p-1/t14-,19-,20?,21+;/m1./s1. The molecule has 1 fully saturated rings. The van der Waals surface area contributed by atoms with Gasteiger partial charge in [-0.2, -0.15) is 4.39 Å². The van der Waals surface area contributed by atoms with Crippen molar-refractivity contribution in [3.05, 3.63) is 39.8 Å². The molecule has 202 valence electrons. The Morgan fingerprint density at radius 1 is 1.03 bits per heavy atom. The van der Waals surface area contributed by atoms with Crippen LogP contribution in [0.15, 0.2) is 21.3 Å². The Balaban J connectivity index is 0.00000507. The first-order chi connectivity index (χ1) is 17.2. The van der Waals surface area contributed by atoms with Gasteiger partial charge in [-0.05, 0) is 11.6 Å². The minimum Gasteiger partial charge on any atom is -0.748 e. The summed E-state index contributed by atoms with van der Waals surface area (Å²) in [4.78, 5) is 46.6. The first-order valence-electron chi connectivity index (χ1n) is 10.3. The van der Waals surface area contributed by atoms with Crippen molar-refractivity contribution in [2.24, 2.45) is 0 Å². The predicted octanol–water partition coefficient (Wildman–Crippen LogP) is -2.35. The summed E-state index contributed by atoms with van der Waals surface area (Å²) in [6.45, 7) is 2.51. The second-order valence-electron chi connectivity index (χ2n) is 7.79. The van der Waals surface area contributed by atoms with Crippen LogP contribution in [0.2, 0.25) is 0 Å². The molecule has 2 heterocycles. The number of hydrogen-bond donors (Lipinski definition) is 0. The second-order valence-corrected chi connectivity index (χ2v) is 9.19. The Morgan fingerprint density at radius 3 is 2.16 bits per heavy atom. The summed E-state index contributed by atoms with van der Waals surface area (Å²) < 4.78 is 94.3. The van der Waals surface area contributed by atoms with Crippen molar-refractivity contribution < 1.29 is 93.8 Å². The van der Waals surface area contributed by atoms with Crippen LogP contribution < -0.4 is 39.9 Å². The number of hydrogen-bond acceptors (Lipinski definition) is 13. The van der Waals surface area contributed by atoms with Crippen molar-refractivity contribution in [3.8, 4) is 5.75 Å². The van der Waals surface area contributed by atoms with Crippen LogP contribution in [0.3, 0.4) is 0 Å². The number of carbonyl (C=O) groups is 3. The minimum absolute atomic E-state index is 0. The van der Waals surface area contributed by atoms with Crippen molar-refractivity contribution in [1.82, 2.24) is 0 Å². The molecule has 0 N–H and O–H groups in total. The molecule has 1 aromatic heterocycles. The molecule has 1 saturated heterocycles. The molecule has 0 amide bonds. The van der Waals surface area contributed by atoms with Gasteiger partial charge in [0.15, 0.2) is 29.4 Å². The monoisotopic (exact) mass is 572 g/mol. The fourth-order valence-corrected chi connectivity index (χ4v) is 4.24. The van der Waals surface area contributed by atoms with Gasteiger partial charge in [0.2, 0.25) is 18.2 Å². The molecule has 1 aliphatic rings. The number of fused-ring (bicyclic) bond motifs is 1. The molecule has 17 heteroatoms. The number of rotatable bonds is 7. The van der Waals surface area contributed by atoms with Crippen LogP contribution in [0.5, 0.6) is 5.75 Å². The van der Waals surface area contributed by atoms with E-state index in [1.807, 2.05) is 0 Å². The molecule has 2 aromatic rings. The van der Waals surface area contributed by atoms with E-state index in [1.165, 1.54) is 0 Å². The molecule has 1 unspecified atom stereocenters. The fraction of sp³-hybridized carbons (Fsp3) is 0.429. The largest absolute Gasteiger partial charge is 1.00 e. The zero-order valence-electron chi connectivity index (χ0n) is 20.3. The number of benzene rings is 1. The van der Waals surface area contributed by atoms with E-state index in [0.717, 1.165) is 20.8 Å². The summed E-state index contributed by atoms with van der Waals surface area (Å²) >= 11 is 0. The van der Waals surface area contributed by atoms with Gasteiger partial charge in [0, 0.05) is 32.2 Å².